The zero-order valence-electron chi connectivity index (χ0n) is 17.3. The minimum absolute atomic E-state index is 0.0485. The maximum atomic E-state index is 12.3. The fourth-order valence-electron chi connectivity index (χ4n) is 3.43. The molecule has 0 heterocycles. The summed E-state index contributed by atoms with van der Waals surface area (Å²) in [5.74, 6) is 1.25. The fraction of sp³-hybridized carbons (Fsp3) is 0.435. The zero-order valence-corrected chi connectivity index (χ0v) is 18.1. The number of aryl methyl sites for hydroxylation is 1. The van der Waals surface area contributed by atoms with Crippen LogP contribution in [0.4, 0.5) is 5.69 Å². The Kier molecular flexibility index (Phi) is 7.74. The van der Waals surface area contributed by atoms with Crippen molar-refractivity contribution in [3.05, 3.63) is 54.1 Å². The summed E-state index contributed by atoms with van der Waals surface area (Å²) in [5.41, 5.74) is 1.69. The Morgan fingerprint density at radius 3 is 2.57 bits per heavy atom. The molecule has 6 nitrogen and oxygen atoms in total. The quantitative estimate of drug-likeness (QED) is 0.615. The van der Waals surface area contributed by atoms with Gasteiger partial charge in [0, 0.05) is 24.4 Å². The first-order valence-electron chi connectivity index (χ1n) is 10.3. The first-order chi connectivity index (χ1) is 14.4. The second kappa shape index (κ2) is 10.5. The van der Waals surface area contributed by atoms with Crippen LogP contribution in [0, 0.1) is 0 Å². The number of rotatable bonds is 10. The molecule has 1 aliphatic carbocycles. The van der Waals surface area contributed by atoms with Crippen LogP contribution in [0.5, 0.6) is 11.5 Å². The Bertz CT molecular complexity index is 952. The van der Waals surface area contributed by atoms with Crippen LogP contribution in [0.15, 0.2) is 48.5 Å². The number of anilines is 1. The summed E-state index contributed by atoms with van der Waals surface area (Å²) in [6.07, 6.45) is 7.15. The Hall–Kier alpha value is -2.54. The molecule has 1 aliphatic rings. The van der Waals surface area contributed by atoms with Gasteiger partial charge in [0.15, 0.2) is 9.84 Å². The highest BCUT2D eigenvalue weighted by atomic mass is 32.2. The molecule has 1 saturated carbocycles. The first-order valence-corrected chi connectivity index (χ1v) is 12.4. The minimum Gasteiger partial charge on any atom is -0.492 e. The van der Waals surface area contributed by atoms with Gasteiger partial charge in [-0.05, 0) is 61.9 Å². The van der Waals surface area contributed by atoms with E-state index < -0.39 is 9.84 Å². The molecule has 0 aromatic heterocycles. The monoisotopic (exact) mass is 431 g/mol. The van der Waals surface area contributed by atoms with Crippen LogP contribution in [-0.2, 0) is 21.1 Å². The molecule has 1 amide bonds. The molecule has 0 atom stereocenters. The molecule has 2 aromatic carbocycles. The predicted molar refractivity (Wildman–Crippen MR) is 118 cm³/mol. The Balaban J connectivity index is 1.47. The Morgan fingerprint density at radius 2 is 1.80 bits per heavy atom. The lowest BCUT2D eigenvalue weighted by molar-refractivity contribution is -0.116. The smallest absolute Gasteiger partial charge is 0.224 e. The lowest BCUT2D eigenvalue weighted by atomic mass is 10.1. The topological polar surface area (TPSA) is 81.7 Å². The van der Waals surface area contributed by atoms with Crippen LogP contribution in [0.25, 0.3) is 0 Å². The molecular weight excluding hydrogens is 402 g/mol. The molecule has 30 heavy (non-hydrogen) atoms. The number of sulfone groups is 1. The van der Waals surface area contributed by atoms with E-state index in [2.05, 4.69) is 5.32 Å². The Morgan fingerprint density at radius 1 is 1.07 bits per heavy atom. The van der Waals surface area contributed by atoms with Crippen molar-refractivity contribution in [2.24, 2.45) is 0 Å². The summed E-state index contributed by atoms with van der Waals surface area (Å²) >= 11 is 0. The molecule has 0 spiro atoms. The van der Waals surface area contributed by atoms with E-state index in [0.717, 1.165) is 24.2 Å². The first kappa shape index (κ1) is 22.2. The number of benzene rings is 2. The van der Waals surface area contributed by atoms with Crippen LogP contribution < -0.4 is 14.8 Å². The van der Waals surface area contributed by atoms with Crippen molar-refractivity contribution < 1.29 is 22.7 Å². The van der Waals surface area contributed by atoms with Crippen LogP contribution >= 0.6 is 0 Å². The summed E-state index contributed by atoms with van der Waals surface area (Å²) in [7, 11) is -3.07. The van der Waals surface area contributed by atoms with Gasteiger partial charge in [0.1, 0.15) is 18.1 Å². The van der Waals surface area contributed by atoms with Crippen LogP contribution in [0.2, 0.25) is 0 Å². The van der Waals surface area contributed by atoms with Gasteiger partial charge in [-0.2, -0.15) is 0 Å². The van der Waals surface area contributed by atoms with E-state index in [0.29, 0.717) is 30.4 Å². The molecule has 1 N–H and O–H groups in total. The third-order valence-electron chi connectivity index (χ3n) is 4.98. The summed E-state index contributed by atoms with van der Waals surface area (Å²) < 4.78 is 33.9. The molecule has 0 unspecified atom stereocenters. The van der Waals surface area contributed by atoms with Gasteiger partial charge in [-0.1, -0.05) is 18.2 Å². The van der Waals surface area contributed by atoms with Gasteiger partial charge in [0.25, 0.3) is 0 Å². The average molecular weight is 432 g/mol. The average Bonchev–Trinajstić information content (AvgIpc) is 3.19. The van der Waals surface area contributed by atoms with E-state index in [4.69, 9.17) is 9.47 Å². The van der Waals surface area contributed by atoms with Crippen molar-refractivity contribution in [2.45, 2.75) is 44.6 Å². The summed E-state index contributed by atoms with van der Waals surface area (Å²) in [6, 6.07) is 14.9. The molecule has 7 heteroatoms. The van der Waals surface area contributed by atoms with E-state index >= 15 is 0 Å². The second-order valence-electron chi connectivity index (χ2n) is 7.73. The van der Waals surface area contributed by atoms with Gasteiger partial charge in [0.05, 0.1) is 11.9 Å². The van der Waals surface area contributed by atoms with Crippen LogP contribution in [0.1, 0.15) is 37.7 Å². The number of hydrogen-bond donors (Lipinski definition) is 1. The number of nitrogens with one attached hydrogen (secondary N) is 1. The third kappa shape index (κ3) is 7.71. The van der Waals surface area contributed by atoms with Crippen LogP contribution in [0.3, 0.4) is 0 Å². The number of carbonyl (C=O) groups excluding carboxylic acids is 1. The number of amides is 1. The maximum absolute atomic E-state index is 12.3. The maximum Gasteiger partial charge on any atom is 0.224 e. The molecule has 1 fully saturated rings. The van der Waals surface area contributed by atoms with Gasteiger partial charge in [-0.25, -0.2) is 8.42 Å². The lowest BCUT2D eigenvalue weighted by Gasteiger charge is -2.14. The van der Waals surface area contributed by atoms with E-state index in [9.17, 15) is 13.2 Å². The molecule has 3 rings (SSSR count). The molecule has 2 aromatic rings. The third-order valence-corrected chi connectivity index (χ3v) is 5.89. The largest absolute Gasteiger partial charge is 0.492 e. The molecule has 0 aliphatic heterocycles. The second-order valence-corrected chi connectivity index (χ2v) is 9.99. The summed E-state index contributed by atoms with van der Waals surface area (Å²) in [5, 5.41) is 2.86. The van der Waals surface area contributed by atoms with Crippen molar-refractivity contribution in [3.8, 4) is 11.5 Å². The summed E-state index contributed by atoms with van der Waals surface area (Å²) in [4.78, 5) is 12.3. The van der Waals surface area contributed by atoms with Crippen molar-refractivity contribution in [1.29, 1.82) is 0 Å². The molecule has 0 bridgehead atoms. The Labute approximate surface area is 178 Å². The van der Waals surface area contributed by atoms with Crippen molar-refractivity contribution in [1.82, 2.24) is 0 Å². The van der Waals surface area contributed by atoms with Crippen molar-refractivity contribution in [3.63, 3.8) is 0 Å². The predicted octanol–water partition coefficient (Wildman–Crippen LogP) is 4.00. The number of carbonyl (C=O) groups is 1. The highest BCUT2D eigenvalue weighted by Gasteiger charge is 2.16. The van der Waals surface area contributed by atoms with Crippen molar-refractivity contribution >= 4 is 21.4 Å². The number of hydrogen-bond acceptors (Lipinski definition) is 5. The standard InChI is InChI=1S/C23H29NO5S/c1-30(26,27)15-14-28-21-10-5-7-19(17-21)24-23(25)13-12-18-6-4-11-22(16-18)29-20-8-2-3-9-20/h4-7,10-11,16-17,20H,2-3,8-9,12-15H2,1H3,(H,24,25). The normalized spacial score (nSPS) is 14.4. The van der Waals surface area contributed by atoms with Gasteiger partial charge >= 0.3 is 0 Å². The van der Waals surface area contributed by atoms with Crippen LogP contribution in [-0.4, -0.2) is 39.0 Å². The van der Waals surface area contributed by atoms with Gasteiger partial charge < -0.3 is 14.8 Å². The van der Waals surface area contributed by atoms with E-state index in [1.54, 1.807) is 24.3 Å². The SMILES string of the molecule is CS(=O)(=O)CCOc1cccc(NC(=O)CCc2cccc(OC3CCCC3)c2)c1. The van der Waals surface area contributed by atoms with Crippen molar-refractivity contribution in [2.75, 3.05) is 23.9 Å². The molecule has 0 radical (unpaired) electrons. The van der Waals surface area contributed by atoms with E-state index in [1.165, 1.54) is 19.1 Å². The van der Waals surface area contributed by atoms with Gasteiger partial charge in [-0.3, -0.25) is 4.79 Å². The van der Waals surface area contributed by atoms with Gasteiger partial charge in [-0.15, -0.1) is 0 Å². The van der Waals surface area contributed by atoms with E-state index in [-0.39, 0.29) is 18.3 Å². The fourth-order valence-corrected chi connectivity index (χ4v) is 3.81. The highest BCUT2D eigenvalue weighted by Crippen LogP contribution is 2.25. The molecule has 0 saturated heterocycles. The minimum atomic E-state index is -3.07. The number of ether oxygens (including phenoxy) is 2. The molecular formula is C23H29NO5S. The summed E-state index contributed by atoms with van der Waals surface area (Å²) in [6.45, 7) is 0.0789. The van der Waals surface area contributed by atoms with Gasteiger partial charge in [0.2, 0.25) is 5.91 Å². The highest BCUT2D eigenvalue weighted by molar-refractivity contribution is 7.90. The zero-order chi connectivity index (χ0) is 21.4. The molecule has 162 valence electrons. The van der Waals surface area contributed by atoms with E-state index in [1.807, 2.05) is 24.3 Å². The lowest BCUT2D eigenvalue weighted by Crippen LogP contribution is -2.14.